The van der Waals surface area contributed by atoms with Gasteiger partial charge in [0.15, 0.2) is 0 Å². The molecule has 1 saturated heterocycles. The van der Waals surface area contributed by atoms with Crippen molar-refractivity contribution >= 4 is 12.1 Å². The molecule has 1 aliphatic heterocycles. The number of hydrogen-bond acceptors (Lipinski definition) is 4. The average Bonchev–Trinajstić information content (AvgIpc) is 2.48. The van der Waals surface area contributed by atoms with Crippen LogP contribution in [0.2, 0.25) is 0 Å². The number of esters is 1. The Labute approximate surface area is 81.6 Å². The van der Waals surface area contributed by atoms with Gasteiger partial charge in [0.05, 0.1) is 12.5 Å². The summed E-state index contributed by atoms with van der Waals surface area (Å²) in [5.74, 6) is -0.935. The summed E-state index contributed by atoms with van der Waals surface area (Å²) in [7, 11) is 0. The molecule has 1 rings (SSSR count). The van der Waals surface area contributed by atoms with E-state index >= 15 is 0 Å². The molecular weight excluding hydrogens is 188 g/mol. The Morgan fingerprint density at radius 2 is 2.21 bits per heavy atom. The second kappa shape index (κ2) is 4.28. The van der Waals surface area contributed by atoms with Crippen molar-refractivity contribution in [1.82, 2.24) is 4.90 Å². The number of rotatable bonds is 2. The summed E-state index contributed by atoms with van der Waals surface area (Å²) in [5, 5.41) is 8.68. The first kappa shape index (κ1) is 10.8. The van der Waals surface area contributed by atoms with Crippen molar-refractivity contribution in [3.05, 3.63) is 0 Å². The van der Waals surface area contributed by atoms with E-state index in [1.54, 1.807) is 6.92 Å². The van der Waals surface area contributed by atoms with Gasteiger partial charge in [-0.15, -0.1) is 0 Å². The summed E-state index contributed by atoms with van der Waals surface area (Å²) in [6.07, 6.45) is -1.05. The minimum Gasteiger partial charge on any atom is -0.466 e. The van der Waals surface area contributed by atoms with E-state index in [-0.39, 0.29) is 19.7 Å². The summed E-state index contributed by atoms with van der Waals surface area (Å²) in [6.45, 7) is 2.32. The first-order valence-electron chi connectivity index (χ1n) is 4.46. The van der Waals surface area contributed by atoms with Gasteiger partial charge in [0.25, 0.3) is 0 Å². The molecule has 0 spiro atoms. The van der Waals surface area contributed by atoms with E-state index < -0.39 is 24.0 Å². The predicted molar refractivity (Wildman–Crippen MR) is 47.7 cm³/mol. The SMILES string of the molecule is CCOC(=O)[C@@H]1CN(C(=O)O)C[C@H]1N. The fourth-order valence-corrected chi connectivity index (χ4v) is 1.48. The highest BCUT2D eigenvalue weighted by Gasteiger charge is 2.38. The zero-order valence-electron chi connectivity index (χ0n) is 7.97. The van der Waals surface area contributed by atoms with E-state index in [4.69, 9.17) is 15.6 Å². The second-order valence-corrected chi connectivity index (χ2v) is 3.21. The number of amides is 1. The van der Waals surface area contributed by atoms with Crippen LogP contribution in [0, 0.1) is 5.92 Å². The van der Waals surface area contributed by atoms with Gasteiger partial charge < -0.3 is 20.5 Å². The molecule has 6 nitrogen and oxygen atoms in total. The number of nitrogens with zero attached hydrogens (tertiary/aromatic N) is 1. The number of carbonyl (C=O) groups is 2. The van der Waals surface area contributed by atoms with Crippen LogP contribution >= 0.6 is 0 Å². The minimum atomic E-state index is -1.05. The van der Waals surface area contributed by atoms with E-state index in [0.717, 1.165) is 4.90 Å². The van der Waals surface area contributed by atoms with Crippen molar-refractivity contribution < 1.29 is 19.4 Å². The maximum Gasteiger partial charge on any atom is 0.407 e. The molecule has 1 fully saturated rings. The molecule has 0 radical (unpaired) electrons. The Morgan fingerprint density at radius 1 is 1.57 bits per heavy atom. The number of carboxylic acid groups (broad SMARTS) is 1. The van der Waals surface area contributed by atoms with Crippen LogP contribution in [0.25, 0.3) is 0 Å². The van der Waals surface area contributed by atoms with Gasteiger partial charge in [-0.25, -0.2) is 4.79 Å². The van der Waals surface area contributed by atoms with Gasteiger partial charge in [-0.05, 0) is 6.92 Å². The fraction of sp³-hybridized carbons (Fsp3) is 0.750. The molecule has 0 saturated carbocycles. The first-order chi connectivity index (χ1) is 6.56. The third kappa shape index (κ3) is 2.14. The molecule has 80 valence electrons. The zero-order valence-corrected chi connectivity index (χ0v) is 7.97. The van der Waals surface area contributed by atoms with E-state index in [1.165, 1.54) is 0 Å². The van der Waals surface area contributed by atoms with Crippen LogP contribution in [-0.2, 0) is 9.53 Å². The number of nitrogens with two attached hydrogens (primary N) is 1. The van der Waals surface area contributed by atoms with Crippen LogP contribution in [0.15, 0.2) is 0 Å². The Balaban J connectivity index is 2.56. The third-order valence-corrected chi connectivity index (χ3v) is 2.22. The Hall–Kier alpha value is -1.30. The van der Waals surface area contributed by atoms with Gasteiger partial charge in [0.1, 0.15) is 0 Å². The van der Waals surface area contributed by atoms with Crippen LogP contribution in [0.5, 0.6) is 0 Å². The molecule has 1 aliphatic rings. The van der Waals surface area contributed by atoms with Crippen LogP contribution in [0.1, 0.15) is 6.92 Å². The molecule has 14 heavy (non-hydrogen) atoms. The zero-order chi connectivity index (χ0) is 10.7. The second-order valence-electron chi connectivity index (χ2n) is 3.21. The number of ether oxygens (including phenoxy) is 1. The summed E-state index contributed by atoms with van der Waals surface area (Å²) in [6, 6.07) is -0.454. The molecule has 6 heteroatoms. The van der Waals surface area contributed by atoms with Crippen molar-refractivity contribution in [3.63, 3.8) is 0 Å². The highest BCUT2D eigenvalue weighted by atomic mass is 16.5. The van der Waals surface area contributed by atoms with Gasteiger partial charge in [0, 0.05) is 19.1 Å². The van der Waals surface area contributed by atoms with Gasteiger partial charge >= 0.3 is 12.1 Å². The van der Waals surface area contributed by atoms with E-state index in [1.807, 2.05) is 0 Å². The van der Waals surface area contributed by atoms with Gasteiger partial charge in [-0.1, -0.05) is 0 Å². The molecular formula is C8H14N2O4. The smallest absolute Gasteiger partial charge is 0.407 e. The molecule has 1 heterocycles. The Bertz CT molecular complexity index is 243. The van der Waals surface area contributed by atoms with Crippen LogP contribution in [0.4, 0.5) is 4.79 Å². The first-order valence-corrected chi connectivity index (χ1v) is 4.46. The molecule has 0 aromatic heterocycles. The minimum absolute atomic E-state index is 0.134. The number of carbonyl (C=O) groups excluding carboxylic acids is 1. The van der Waals surface area contributed by atoms with Gasteiger partial charge in [0.2, 0.25) is 0 Å². The molecule has 0 aromatic rings. The lowest BCUT2D eigenvalue weighted by molar-refractivity contribution is -0.147. The monoisotopic (exact) mass is 202 g/mol. The van der Waals surface area contributed by atoms with Crippen molar-refractivity contribution in [3.8, 4) is 0 Å². The summed E-state index contributed by atoms with van der Waals surface area (Å²) < 4.78 is 4.79. The van der Waals surface area contributed by atoms with E-state index in [2.05, 4.69) is 0 Å². The predicted octanol–water partition coefficient (Wildman–Crippen LogP) is -0.513. The van der Waals surface area contributed by atoms with Crippen molar-refractivity contribution in [1.29, 1.82) is 0 Å². The molecule has 1 amide bonds. The normalized spacial score (nSPS) is 26.3. The molecule has 0 aliphatic carbocycles. The van der Waals surface area contributed by atoms with Crippen LogP contribution in [0.3, 0.4) is 0 Å². The number of likely N-dealkylation sites (tertiary alicyclic amines) is 1. The highest BCUT2D eigenvalue weighted by Crippen LogP contribution is 2.16. The van der Waals surface area contributed by atoms with Crippen LogP contribution in [-0.4, -0.2) is 47.8 Å². The lowest BCUT2D eigenvalue weighted by Crippen LogP contribution is -2.35. The quantitative estimate of drug-likeness (QED) is 0.588. The van der Waals surface area contributed by atoms with Crippen molar-refractivity contribution in [2.45, 2.75) is 13.0 Å². The van der Waals surface area contributed by atoms with Crippen LogP contribution < -0.4 is 5.73 Å². The molecule has 0 aromatic carbocycles. The number of hydrogen-bond donors (Lipinski definition) is 2. The summed E-state index contributed by atoms with van der Waals surface area (Å²) in [4.78, 5) is 23.0. The van der Waals surface area contributed by atoms with Crippen molar-refractivity contribution in [2.24, 2.45) is 11.7 Å². The molecule has 3 N–H and O–H groups in total. The third-order valence-electron chi connectivity index (χ3n) is 2.22. The molecule has 0 bridgehead atoms. The van der Waals surface area contributed by atoms with E-state index in [0.29, 0.717) is 0 Å². The maximum atomic E-state index is 11.3. The largest absolute Gasteiger partial charge is 0.466 e. The van der Waals surface area contributed by atoms with E-state index in [9.17, 15) is 9.59 Å². The topological polar surface area (TPSA) is 92.9 Å². The van der Waals surface area contributed by atoms with Gasteiger partial charge in [-0.3, -0.25) is 4.79 Å². The average molecular weight is 202 g/mol. The van der Waals surface area contributed by atoms with Crippen molar-refractivity contribution in [2.75, 3.05) is 19.7 Å². The lowest BCUT2D eigenvalue weighted by atomic mass is 10.1. The maximum absolute atomic E-state index is 11.3. The Morgan fingerprint density at radius 3 is 2.64 bits per heavy atom. The van der Waals surface area contributed by atoms with Gasteiger partial charge in [-0.2, -0.15) is 0 Å². The highest BCUT2D eigenvalue weighted by molar-refractivity contribution is 5.76. The summed E-state index contributed by atoms with van der Waals surface area (Å²) in [5.41, 5.74) is 5.63. The fourth-order valence-electron chi connectivity index (χ4n) is 1.48. The molecule has 2 atom stereocenters. The molecule has 0 unspecified atom stereocenters. The lowest BCUT2D eigenvalue weighted by Gasteiger charge is -2.11. The summed E-state index contributed by atoms with van der Waals surface area (Å²) >= 11 is 0. The standard InChI is InChI=1S/C8H14N2O4/c1-2-14-7(11)5-3-10(8(12)13)4-6(5)9/h5-6H,2-4,9H2,1H3,(H,12,13)/t5-,6-/m1/s1. The Kier molecular flexibility index (Phi) is 3.29.